The van der Waals surface area contributed by atoms with Gasteiger partial charge in [-0.15, -0.1) is 0 Å². The zero-order chi connectivity index (χ0) is 15.9. The standard InChI is InChI=1S/C12H12N6O4/c1-22-10-5-3-2-4-9(10)6-14-15-11(19)7-17-8-13-12(16-17)18(20)21/h2-6,8H,7H2,1H3,(H,15,19)/b14-6+. The van der Waals surface area contributed by atoms with Crippen molar-refractivity contribution in [3.05, 3.63) is 46.3 Å². The fourth-order valence-electron chi connectivity index (χ4n) is 1.57. The van der Waals surface area contributed by atoms with Crippen LogP contribution in [0.5, 0.6) is 5.75 Å². The largest absolute Gasteiger partial charge is 0.496 e. The molecule has 0 aliphatic rings. The molecule has 1 N–H and O–H groups in total. The van der Waals surface area contributed by atoms with E-state index >= 15 is 0 Å². The second kappa shape index (κ2) is 6.92. The van der Waals surface area contributed by atoms with E-state index < -0.39 is 16.8 Å². The molecule has 1 heterocycles. The number of amides is 1. The van der Waals surface area contributed by atoms with E-state index in [2.05, 4.69) is 20.6 Å². The summed E-state index contributed by atoms with van der Waals surface area (Å²) in [5.41, 5.74) is 2.98. The van der Waals surface area contributed by atoms with Crippen molar-refractivity contribution in [2.45, 2.75) is 6.54 Å². The Morgan fingerprint density at radius 2 is 2.32 bits per heavy atom. The first-order chi connectivity index (χ1) is 10.6. The van der Waals surface area contributed by atoms with Crippen molar-refractivity contribution in [1.82, 2.24) is 20.2 Å². The van der Waals surface area contributed by atoms with Gasteiger partial charge < -0.3 is 14.9 Å². The topological polar surface area (TPSA) is 125 Å². The van der Waals surface area contributed by atoms with Crippen molar-refractivity contribution >= 4 is 18.1 Å². The second-order valence-corrected chi connectivity index (χ2v) is 4.03. The van der Waals surface area contributed by atoms with Gasteiger partial charge in [0.1, 0.15) is 12.3 Å². The Morgan fingerprint density at radius 3 is 3.00 bits per heavy atom. The Bertz CT molecular complexity index is 711. The zero-order valence-electron chi connectivity index (χ0n) is 11.5. The summed E-state index contributed by atoms with van der Waals surface area (Å²) in [6.07, 6.45) is 2.53. The van der Waals surface area contributed by atoms with Crippen LogP contribution in [0.3, 0.4) is 0 Å². The molecule has 10 heteroatoms. The molecule has 114 valence electrons. The lowest BCUT2D eigenvalue weighted by Crippen LogP contribution is -2.23. The van der Waals surface area contributed by atoms with Crippen LogP contribution in [0.4, 0.5) is 5.95 Å². The van der Waals surface area contributed by atoms with Gasteiger partial charge in [-0.25, -0.2) is 5.43 Å². The van der Waals surface area contributed by atoms with Crippen LogP contribution in [0.1, 0.15) is 5.56 Å². The van der Waals surface area contributed by atoms with Crippen LogP contribution in [0.15, 0.2) is 35.7 Å². The summed E-state index contributed by atoms with van der Waals surface area (Å²) < 4.78 is 6.18. The van der Waals surface area contributed by atoms with Gasteiger partial charge in [0, 0.05) is 10.7 Å². The molecule has 1 amide bonds. The number of nitro groups is 1. The summed E-state index contributed by atoms with van der Waals surface area (Å²) in [7, 11) is 1.53. The summed E-state index contributed by atoms with van der Waals surface area (Å²) in [6.45, 7) is -0.232. The first kappa shape index (κ1) is 15.1. The molecule has 0 saturated carbocycles. The van der Waals surface area contributed by atoms with E-state index in [0.29, 0.717) is 11.3 Å². The third kappa shape index (κ3) is 3.85. The van der Waals surface area contributed by atoms with Crippen LogP contribution in [0, 0.1) is 10.1 Å². The van der Waals surface area contributed by atoms with Crippen molar-refractivity contribution < 1.29 is 14.5 Å². The number of nitrogens with zero attached hydrogens (tertiary/aromatic N) is 5. The van der Waals surface area contributed by atoms with Crippen LogP contribution < -0.4 is 10.2 Å². The highest BCUT2D eigenvalue weighted by Gasteiger charge is 2.14. The fourth-order valence-corrected chi connectivity index (χ4v) is 1.57. The summed E-state index contributed by atoms with van der Waals surface area (Å²) in [5.74, 6) is -0.441. The highest BCUT2D eigenvalue weighted by atomic mass is 16.6. The molecule has 0 fully saturated rings. The van der Waals surface area contributed by atoms with Crippen LogP contribution >= 0.6 is 0 Å². The summed E-state index contributed by atoms with van der Waals surface area (Å²) >= 11 is 0. The van der Waals surface area contributed by atoms with E-state index in [1.54, 1.807) is 18.2 Å². The molecular formula is C12H12N6O4. The van der Waals surface area contributed by atoms with Gasteiger partial charge in [-0.3, -0.25) is 4.79 Å². The Balaban J connectivity index is 1.92. The maximum absolute atomic E-state index is 11.6. The number of nitrogens with one attached hydrogen (secondary N) is 1. The van der Waals surface area contributed by atoms with Gasteiger partial charge in [0.25, 0.3) is 5.91 Å². The first-order valence-electron chi connectivity index (χ1n) is 6.09. The van der Waals surface area contributed by atoms with Gasteiger partial charge in [-0.1, -0.05) is 17.1 Å². The van der Waals surface area contributed by atoms with Crippen molar-refractivity contribution in [2.75, 3.05) is 7.11 Å². The highest BCUT2D eigenvalue weighted by molar-refractivity contribution is 5.85. The van der Waals surface area contributed by atoms with Crippen molar-refractivity contribution in [2.24, 2.45) is 5.10 Å². The molecule has 0 radical (unpaired) electrons. The molecule has 1 aromatic carbocycles. The van der Waals surface area contributed by atoms with E-state index in [-0.39, 0.29) is 6.54 Å². The molecule has 0 atom stereocenters. The zero-order valence-corrected chi connectivity index (χ0v) is 11.5. The number of hydrogen-bond donors (Lipinski definition) is 1. The molecule has 0 unspecified atom stereocenters. The molecule has 2 aromatic rings. The lowest BCUT2D eigenvalue weighted by Gasteiger charge is -2.02. The van der Waals surface area contributed by atoms with E-state index in [9.17, 15) is 14.9 Å². The average Bonchev–Trinajstić information content (AvgIpc) is 2.96. The maximum Gasteiger partial charge on any atom is 0.490 e. The molecule has 2 rings (SSSR count). The molecule has 10 nitrogen and oxygen atoms in total. The predicted octanol–water partition coefficient (Wildman–Crippen LogP) is 0.345. The normalized spacial score (nSPS) is 10.6. The third-order valence-electron chi connectivity index (χ3n) is 2.53. The molecule has 0 bridgehead atoms. The SMILES string of the molecule is COc1ccccc1/C=N/NC(=O)Cn1cnc([N+](=O)[O-])n1. The summed E-state index contributed by atoms with van der Waals surface area (Å²) in [5, 5.41) is 17.7. The van der Waals surface area contributed by atoms with Gasteiger partial charge in [0.05, 0.1) is 13.3 Å². The number of hydrogen-bond acceptors (Lipinski definition) is 7. The molecule has 0 saturated heterocycles. The number of hydrazone groups is 1. The molecule has 0 aliphatic heterocycles. The smallest absolute Gasteiger partial charge is 0.490 e. The van der Waals surface area contributed by atoms with Gasteiger partial charge in [-0.2, -0.15) is 9.78 Å². The first-order valence-corrected chi connectivity index (χ1v) is 6.09. The average molecular weight is 304 g/mol. The van der Waals surface area contributed by atoms with Crippen molar-refractivity contribution in [3.8, 4) is 5.75 Å². The van der Waals surface area contributed by atoms with E-state index in [4.69, 9.17) is 4.74 Å². The van der Waals surface area contributed by atoms with Crippen LogP contribution in [0.2, 0.25) is 0 Å². The Kier molecular flexibility index (Phi) is 4.75. The third-order valence-corrected chi connectivity index (χ3v) is 2.53. The lowest BCUT2D eigenvalue weighted by atomic mass is 10.2. The number of aromatic nitrogens is 3. The Labute approximate surface area is 124 Å². The number of methoxy groups -OCH3 is 1. The van der Waals surface area contributed by atoms with Gasteiger partial charge in [-0.05, 0) is 17.1 Å². The minimum Gasteiger partial charge on any atom is -0.496 e. The Morgan fingerprint density at radius 1 is 1.55 bits per heavy atom. The highest BCUT2D eigenvalue weighted by Crippen LogP contribution is 2.14. The van der Waals surface area contributed by atoms with E-state index in [1.807, 2.05) is 6.07 Å². The molecule has 0 spiro atoms. The fraction of sp³-hybridized carbons (Fsp3) is 0.167. The quantitative estimate of drug-likeness (QED) is 0.466. The minimum atomic E-state index is -0.742. The maximum atomic E-state index is 11.6. The van der Waals surface area contributed by atoms with Crippen molar-refractivity contribution in [1.29, 1.82) is 0 Å². The predicted molar refractivity (Wildman–Crippen MR) is 75.4 cm³/mol. The molecule has 1 aromatic heterocycles. The van der Waals surface area contributed by atoms with Gasteiger partial charge >= 0.3 is 5.95 Å². The summed E-state index contributed by atoms with van der Waals surface area (Å²) in [4.78, 5) is 24.7. The van der Waals surface area contributed by atoms with Crippen molar-refractivity contribution in [3.63, 3.8) is 0 Å². The Hall–Kier alpha value is -3.30. The number of ether oxygens (including phenoxy) is 1. The molecular weight excluding hydrogens is 292 g/mol. The molecule has 22 heavy (non-hydrogen) atoms. The van der Waals surface area contributed by atoms with E-state index in [1.165, 1.54) is 13.3 Å². The number of para-hydroxylation sites is 1. The van der Waals surface area contributed by atoms with Crippen LogP contribution in [-0.2, 0) is 11.3 Å². The lowest BCUT2D eigenvalue weighted by molar-refractivity contribution is -0.394. The number of carbonyl (C=O) groups is 1. The van der Waals surface area contributed by atoms with Crippen LogP contribution in [0.25, 0.3) is 0 Å². The number of benzene rings is 1. The van der Waals surface area contributed by atoms with Crippen LogP contribution in [-0.4, -0.2) is 38.9 Å². The summed E-state index contributed by atoms with van der Waals surface area (Å²) in [6, 6.07) is 7.15. The number of carbonyl (C=O) groups excluding carboxylic acids is 1. The van der Waals surface area contributed by atoms with Gasteiger partial charge in [0.2, 0.25) is 6.33 Å². The number of rotatable bonds is 6. The van der Waals surface area contributed by atoms with E-state index in [0.717, 1.165) is 11.0 Å². The molecule has 0 aliphatic carbocycles. The second-order valence-electron chi connectivity index (χ2n) is 4.03. The minimum absolute atomic E-state index is 0.232. The monoisotopic (exact) mass is 304 g/mol. The van der Waals surface area contributed by atoms with Gasteiger partial charge in [0.15, 0.2) is 0 Å².